The first-order valence-electron chi connectivity index (χ1n) is 7.48. The minimum atomic E-state index is -1.06. The lowest BCUT2D eigenvalue weighted by molar-refractivity contribution is -0.146. The summed E-state index contributed by atoms with van der Waals surface area (Å²) in [5, 5.41) is 12.0. The number of ether oxygens (including phenoxy) is 1. The average molecular weight is 366 g/mol. The van der Waals surface area contributed by atoms with Gasteiger partial charge >= 0.3 is 11.9 Å². The number of amides is 2. The van der Waals surface area contributed by atoms with Crippen molar-refractivity contribution in [2.24, 2.45) is 17.6 Å². The molecule has 0 fully saturated rings. The van der Waals surface area contributed by atoms with Crippen molar-refractivity contribution in [3.8, 4) is 0 Å². The molecule has 0 spiro atoms. The van der Waals surface area contributed by atoms with E-state index in [9.17, 15) is 24.3 Å². The molecule has 2 atom stereocenters. The van der Waals surface area contributed by atoms with Crippen molar-refractivity contribution in [3.63, 3.8) is 0 Å². The van der Waals surface area contributed by atoms with E-state index in [0.717, 1.165) is 11.3 Å². The lowest BCUT2D eigenvalue weighted by Crippen LogP contribution is -2.34. The molecule has 1 aliphatic carbocycles. The highest BCUT2D eigenvalue weighted by Crippen LogP contribution is 2.35. The Morgan fingerprint density at radius 3 is 2.36 bits per heavy atom. The van der Waals surface area contributed by atoms with Gasteiger partial charge in [0.15, 0.2) is 0 Å². The zero-order chi connectivity index (χ0) is 18.7. The molecule has 0 saturated heterocycles. The Hall–Kier alpha value is -2.68. The summed E-state index contributed by atoms with van der Waals surface area (Å²) in [6.45, 7) is 1.53. The fourth-order valence-electron chi connectivity index (χ4n) is 2.77. The zero-order valence-corrected chi connectivity index (χ0v) is 14.5. The molecule has 1 aromatic heterocycles. The smallest absolute Gasteiger partial charge is 0.341 e. The predicted molar refractivity (Wildman–Crippen MR) is 90.5 cm³/mol. The van der Waals surface area contributed by atoms with Gasteiger partial charge in [-0.25, -0.2) is 4.79 Å². The number of anilines is 1. The van der Waals surface area contributed by atoms with Crippen molar-refractivity contribution >= 4 is 40.1 Å². The summed E-state index contributed by atoms with van der Waals surface area (Å²) in [4.78, 5) is 47.5. The molecule has 8 nitrogen and oxygen atoms in total. The average Bonchev–Trinajstić information content (AvgIpc) is 2.90. The topological polar surface area (TPSA) is 136 Å². The number of carbonyl (C=O) groups excluding carboxylic acids is 3. The lowest BCUT2D eigenvalue weighted by Gasteiger charge is -2.24. The highest BCUT2D eigenvalue weighted by atomic mass is 32.1. The van der Waals surface area contributed by atoms with Gasteiger partial charge in [-0.15, -0.1) is 11.3 Å². The number of rotatable bonds is 5. The molecule has 0 bridgehead atoms. The second-order valence-electron chi connectivity index (χ2n) is 5.60. The molecule has 0 unspecified atom stereocenters. The first-order chi connectivity index (χ1) is 11.8. The van der Waals surface area contributed by atoms with Crippen molar-refractivity contribution in [2.45, 2.75) is 19.8 Å². The molecular weight excluding hydrogens is 348 g/mol. The van der Waals surface area contributed by atoms with Crippen molar-refractivity contribution < 1.29 is 29.0 Å². The minimum absolute atomic E-state index is 0.0490. The Kier molecular flexibility index (Phi) is 5.58. The maximum Gasteiger partial charge on any atom is 0.341 e. The van der Waals surface area contributed by atoms with E-state index in [2.05, 4.69) is 5.32 Å². The van der Waals surface area contributed by atoms with Gasteiger partial charge in [-0.1, -0.05) is 12.2 Å². The van der Waals surface area contributed by atoms with E-state index in [1.54, 1.807) is 12.2 Å². The van der Waals surface area contributed by atoms with Crippen molar-refractivity contribution in [1.82, 2.24) is 0 Å². The Labute approximate surface area is 147 Å². The van der Waals surface area contributed by atoms with E-state index < -0.39 is 35.6 Å². The number of hydrogen-bond donors (Lipinski definition) is 3. The standard InChI is InChI=1S/C16H18N2O6S/c1-7-10(16(23)24-2)14(25-11(7)12(17)19)18-13(20)8-5-3-4-6-9(8)15(21)22/h3-4,8-9H,5-6H2,1-2H3,(H2,17,19)(H,18,20)(H,21,22)/t8-,9-/m1/s1. The van der Waals surface area contributed by atoms with Gasteiger partial charge < -0.3 is 20.9 Å². The van der Waals surface area contributed by atoms with Crippen LogP contribution in [-0.2, 0) is 14.3 Å². The maximum absolute atomic E-state index is 12.6. The van der Waals surface area contributed by atoms with Gasteiger partial charge in [-0.05, 0) is 25.3 Å². The molecule has 2 amide bonds. The molecule has 1 aliphatic rings. The fraction of sp³-hybridized carbons (Fsp3) is 0.375. The first-order valence-corrected chi connectivity index (χ1v) is 8.29. The van der Waals surface area contributed by atoms with Gasteiger partial charge in [0.2, 0.25) is 5.91 Å². The summed E-state index contributed by atoms with van der Waals surface area (Å²) in [7, 11) is 1.18. The molecule has 134 valence electrons. The van der Waals surface area contributed by atoms with Crippen molar-refractivity contribution in [3.05, 3.63) is 28.2 Å². The van der Waals surface area contributed by atoms with Gasteiger partial charge in [-0.2, -0.15) is 0 Å². The number of nitrogens with two attached hydrogens (primary N) is 1. The molecule has 0 saturated carbocycles. The van der Waals surface area contributed by atoms with E-state index in [1.807, 2.05) is 0 Å². The molecule has 0 radical (unpaired) electrons. The van der Waals surface area contributed by atoms with Crippen LogP contribution in [0.15, 0.2) is 12.2 Å². The quantitative estimate of drug-likeness (QED) is 0.534. The number of allylic oxidation sites excluding steroid dienone is 2. The molecule has 9 heteroatoms. The Morgan fingerprint density at radius 1 is 1.24 bits per heavy atom. The summed E-state index contributed by atoms with van der Waals surface area (Å²) in [6, 6.07) is 0. The maximum atomic E-state index is 12.6. The number of aliphatic carboxylic acids is 1. The summed E-state index contributed by atoms with van der Waals surface area (Å²) in [5.41, 5.74) is 5.66. The summed E-state index contributed by atoms with van der Waals surface area (Å²) >= 11 is 0.867. The Balaban J connectivity index is 2.35. The van der Waals surface area contributed by atoms with E-state index in [-0.39, 0.29) is 28.3 Å². The highest BCUT2D eigenvalue weighted by Gasteiger charge is 2.35. The third-order valence-corrected chi connectivity index (χ3v) is 5.30. The second kappa shape index (κ2) is 7.47. The van der Waals surface area contributed by atoms with Gasteiger partial charge in [0.1, 0.15) is 5.00 Å². The number of primary amides is 1. The molecule has 25 heavy (non-hydrogen) atoms. The van der Waals surface area contributed by atoms with Crippen molar-refractivity contribution in [1.29, 1.82) is 0 Å². The van der Waals surface area contributed by atoms with Crippen molar-refractivity contribution in [2.75, 3.05) is 12.4 Å². The van der Waals surface area contributed by atoms with Crippen LogP contribution in [0.2, 0.25) is 0 Å². The number of hydrogen-bond acceptors (Lipinski definition) is 6. The van der Waals surface area contributed by atoms with Gasteiger partial charge in [0.05, 0.1) is 29.4 Å². The Bertz CT molecular complexity index is 767. The highest BCUT2D eigenvalue weighted by molar-refractivity contribution is 7.18. The number of thiophene rings is 1. The third-order valence-electron chi connectivity index (χ3n) is 4.08. The Morgan fingerprint density at radius 2 is 1.84 bits per heavy atom. The first kappa shape index (κ1) is 18.7. The molecule has 1 heterocycles. The van der Waals surface area contributed by atoms with Crippen LogP contribution in [-0.4, -0.2) is 36.0 Å². The number of carboxylic acids is 1. The lowest BCUT2D eigenvalue weighted by atomic mass is 9.82. The summed E-state index contributed by atoms with van der Waals surface area (Å²) < 4.78 is 4.70. The third kappa shape index (κ3) is 3.71. The van der Waals surface area contributed by atoms with Crippen LogP contribution in [0, 0.1) is 18.8 Å². The van der Waals surface area contributed by atoms with Gasteiger partial charge in [0.25, 0.3) is 5.91 Å². The molecule has 0 aliphatic heterocycles. The zero-order valence-electron chi connectivity index (χ0n) is 13.7. The number of esters is 1. The molecule has 0 aromatic carbocycles. The van der Waals surface area contributed by atoms with Gasteiger partial charge in [-0.3, -0.25) is 14.4 Å². The number of carbonyl (C=O) groups is 4. The molecular formula is C16H18N2O6S. The van der Waals surface area contributed by atoms with Gasteiger partial charge in [0, 0.05) is 0 Å². The van der Waals surface area contributed by atoms with Crippen LogP contribution >= 0.6 is 11.3 Å². The SMILES string of the molecule is COC(=O)c1c(NC(=O)[C@@H]2CC=CC[C@H]2C(=O)O)sc(C(N)=O)c1C. The van der Waals surface area contributed by atoms with E-state index in [1.165, 1.54) is 14.0 Å². The minimum Gasteiger partial charge on any atom is -0.481 e. The molecule has 2 rings (SSSR count). The molecule has 4 N–H and O–H groups in total. The predicted octanol–water partition coefficient (Wildman–Crippen LogP) is 1.55. The van der Waals surface area contributed by atoms with Crippen LogP contribution in [0.3, 0.4) is 0 Å². The van der Waals surface area contributed by atoms with Crippen LogP contribution in [0.5, 0.6) is 0 Å². The summed E-state index contributed by atoms with van der Waals surface area (Å²) in [6.07, 6.45) is 4.01. The monoisotopic (exact) mass is 366 g/mol. The van der Waals surface area contributed by atoms with E-state index >= 15 is 0 Å². The van der Waals surface area contributed by atoms with Crippen LogP contribution < -0.4 is 11.1 Å². The molecule has 1 aromatic rings. The largest absolute Gasteiger partial charge is 0.481 e. The second-order valence-corrected chi connectivity index (χ2v) is 6.62. The number of methoxy groups -OCH3 is 1. The normalized spacial score (nSPS) is 19.3. The fourth-order valence-corrected chi connectivity index (χ4v) is 3.82. The number of carboxylic acid groups (broad SMARTS) is 1. The number of nitrogens with one attached hydrogen (secondary N) is 1. The van der Waals surface area contributed by atoms with Crippen LogP contribution in [0.4, 0.5) is 5.00 Å². The van der Waals surface area contributed by atoms with E-state index in [4.69, 9.17) is 10.5 Å². The van der Waals surface area contributed by atoms with Crippen LogP contribution in [0.25, 0.3) is 0 Å². The van der Waals surface area contributed by atoms with Crippen LogP contribution in [0.1, 0.15) is 38.4 Å². The van der Waals surface area contributed by atoms with E-state index in [0.29, 0.717) is 5.56 Å². The summed E-state index contributed by atoms with van der Waals surface area (Å²) in [5.74, 6) is -4.64.